The van der Waals surface area contributed by atoms with E-state index in [-0.39, 0.29) is 17.4 Å². The quantitative estimate of drug-likeness (QED) is 0.546. The Bertz CT molecular complexity index is 870. The molecule has 1 aromatic heterocycles. The zero-order valence-electron chi connectivity index (χ0n) is 12.0. The number of pyridine rings is 1. The van der Waals surface area contributed by atoms with Crippen molar-refractivity contribution in [3.05, 3.63) is 59.6 Å². The standard InChI is InChI=1S/C17H13ClN2O2S/c18-12-6-7-15(21)14(9-12)19-16(22)10-23-17-8-5-11-3-1-2-4-13(11)20-17/h1-9,21H,10H2,(H,19,22). The number of carbonyl (C=O) groups is 1. The molecule has 0 bridgehead atoms. The molecule has 3 rings (SSSR count). The molecule has 4 nitrogen and oxygen atoms in total. The zero-order valence-corrected chi connectivity index (χ0v) is 13.6. The number of para-hydroxylation sites is 1. The average Bonchev–Trinajstić information content (AvgIpc) is 2.56. The number of aromatic nitrogens is 1. The third-order valence-corrected chi connectivity index (χ3v) is 4.32. The van der Waals surface area contributed by atoms with Gasteiger partial charge in [0.2, 0.25) is 5.91 Å². The second-order valence-electron chi connectivity index (χ2n) is 4.84. The summed E-state index contributed by atoms with van der Waals surface area (Å²) in [5.74, 6) is -0.0591. The van der Waals surface area contributed by atoms with Gasteiger partial charge in [0.25, 0.3) is 0 Å². The Morgan fingerprint density at radius 1 is 1.17 bits per heavy atom. The fraction of sp³-hybridized carbons (Fsp3) is 0.0588. The highest BCUT2D eigenvalue weighted by Crippen LogP contribution is 2.27. The molecule has 0 aliphatic carbocycles. The number of fused-ring (bicyclic) bond motifs is 1. The maximum absolute atomic E-state index is 12.0. The summed E-state index contributed by atoms with van der Waals surface area (Å²) in [4.78, 5) is 16.5. The highest BCUT2D eigenvalue weighted by molar-refractivity contribution is 7.99. The number of hydrogen-bond donors (Lipinski definition) is 2. The second kappa shape index (κ2) is 6.89. The van der Waals surface area contributed by atoms with Gasteiger partial charge in [-0.3, -0.25) is 4.79 Å². The first-order chi connectivity index (χ1) is 11.1. The van der Waals surface area contributed by atoms with Gasteiger partial charge in [0.1, 0.15) is 5.75 Å². The number of nitrogens with zero attached hydrogens (tertiary/aromatic N) is 1. The molecule has 0 aliphatic rings. The van der Waals surface area contributed by atoms with Gasteiger partial charge in [0.05, 0.1) is 22.0 Å². The van der Waals surface area contributed by atoms with Crippen LogP contribution in [0.2, 0.25) is 5.02 Å². The van der Waals surface area contributed by atoms with Crippen molar-refractivity contribution < 1.29 is 9.90 Å². The number of hydrogen-bond acceptors (Lipinski definition) is 4. The molecule has 116 valence electrons. The Kier molecular flexibility index (Phi) is 4.69. The van der Waals surface area contributed by atoms with Crippen LogP contribution in [0, 0.1) is 0 Å². The lowest BCUT2D eigenvalue weighted by Gasteiger charge is -2.07. The van der Waals surface area contributed by atoms with Crippen LogP contribution in [0.1, 0.15) is 0 Å². The topological polar surface area (TPSA) is 62.2 Å². The van der Waals surface area contributed by atoms with E-state index in [1.54, 1.807) is 6.07 Å². The first kappa shape index (κ1) is 15.6. The number of aromatic hydroxyl groups is 1. The number of anilines is 1. The van der Waals surface area contributed by atoms with E-state index in [4.69, 9.17) is 11.6 Å². The predicted molar refractivity (Wildman–Crippen MR) is 94.2 cm³/mol. The van der Waals surface area contributed by atoms with Crippen molar-refractivity contribution in [2.45, 2.75) is 5.03 Å². The maximum Gasteiger partial charge on any atom is 0.234 e. The second-order valence-corrected chi connectivity index (χ2v) is 6.27. The lowest BCUT2D eigenvalue weighted by molar-refractivity contribution is -0.113. The summed E-state index contributed by atoms with van der Waals surface area (Å²) in [5, 5.41) is 14.6. The van der Waals surface area contributed by atoms with Crippen molar-refractivity contribution >= 4 is 45.9 Å². The predicted octanol–water partition coefficient (Wildman–Crippen LogP) is 4.32. The van der Waals surface area contributed by atoms with Crippen LogP contribution < -0.4 is 5.32 Å². The van der Waals surface area contributed by atoms with Crippen molar-refractivity contribution in [1.29, 1.82) is 0 Å². The van der Waals surface area contributed by atoms with Crippen LogP contribution in [0.5, 0.6) is 5.75 Å². The van der Waals surface area contributed by atoms with Crippen LogP contribution in [0.3, 0.4) is 0 Å². The highest BCUT2D eigenvalue weighted by atomic mass is 35.5. The molecule has 0 aliphatic heterocycles. The van der Waals surface area contributed by atoms with Gasteiger partial charge < -0.3 is 10.4 Å². The smallest absolute Gasteiger partial charge is 0.234 e. The van der Waals surface area contributed by atoms with Crippen LogP contribution >= 0.6 is 23.4 Å². The number of carbonyl (C=O) groups excluding carboxylic acids is 1. The van der Waals surface area contributed by atoms with Crippen LogP contribution in [-0.2, 0) is 4.79 Å². The first-order valence-electron chi connectivity index (χ1n) is 6.89. The summed E-state index contributed by atoms with van der Waals surface area (Å²) in [5.41, 5.74) is 1.19. The molecule has 1 amide bonds. The number of benzene rings is 2. The van der Waals surface area contributed by atoms with Crippen LogP contribution in [0.4, 0.5) is 5.69 Å². The largest absolute Gasteiger partial charge is 0.506 e. The molecular weight excluding hydrogens is 332 g/mol. The zero-order chi connectivity index (χ0) is 16.2. The summed E-state index contributed by atoms with van der Waals surface area (Å²) in [6.45, 7) is 0. The van der Waals surface area contributed by atoms with Gasteiger partial charge in [-0.1, -0.05) is 47.6 Å². The number of phenols is 1. The summed E-state index contributed by atoms with van der Waals surface area (Å²) in [7, 11) is 0. The summed E-state index contributed by atoms with van der Waals surface area (Å²) < 4.78 is 0. The van der Waals surface area contributed by atoms with E-state index in [1.807, 2.05) is 36.4 Å². The van der Waals surface area contributed by atoms with E-state index in [1.165, 1.54) is 23.9 Å². The summed E-state index contributed by atoms with van der Waals surface area (Å²) >= 11 is 7.19. The van der Waals surface area contributed by atoms with E-state index in [9.17, 15) is 9.90 Å². The minimum Gasteiger partial charge on any atom is -0.506 e. The fourth-order valence-electron chi connectivity index (χ4n) is 2.06. The van der Waals surface area contributed by atoms with Gasteiger partial charge >= 0.3 is 0 Å². The van der Waals surface area contributed by atoms with Gasteiger partial charge in [-0.15, -0.1) is 0 Å². The Labute approximate surface area is 142 Å². The molecule has 2 aromatic carbocycles. The molecule has 0 fully saturated rings. The fourth-order valence-corrected chi connectivity index (χ4v) is 2.91. The molecular formula is C17H13ClN2O2S. The number of halogens is 1. The molecule has 2 N–H and O–H groups in total. The number of rotatable bonds is 4. The molecule has 0 unspecified atom stereocenters. The number of phenolic OH excluding ortho intramolecular Hbond substituents is 1. The monoisotopic (exact) mass is 344 g/mol. The molecule has 0 saturated carbocycles. The van der Waals surface area contributed by atoms with Gasteiger partial charge in [0, 0.05) is 10.4 Å². The van der Waals surface area contributed by atoms with Crippen LogP contribution in [0.25, 0.3) is 10.9 Å². The van der Waals surface area contributed by atoms with E-state index >= 15 is 0 Å². The van der Waals surface area contributed by atoms with Crippen molar-refractivity contribution in [1.82, 2.24) is 4.98 Å². The normalized spacial score (nSPS) is 10.7. The van der Waals surface area contributed by atoms with Gasteiger partial charge in [-0.05, 0) is 30.3 Å². The van der Waals surface area contributed by atoms with E-state index in [0.29, 0.717) is 10.7 Å². The van der Waals surface area contributed by atoms with E-state index < -0.39 is 0 Å². The lowest BCUT2D eigenvalue weighted by atomic mass is 10.2. The molecule has 0 atom stereocenters. The molecule has 0 radical (unpaired) electrons. The molecule has 0 saturated heterocycles. The Balaban J connectivity index is 1.64. The van der Waals surface area contributed by atoms with Crippen molar-refractivity contribution in [3.63, 3.8) is 0 Å². The Hall–Kier alpha value is -2.24. The van der Waals surface area contributed by atoms with Gasteiger partial charge in [-0.25, -0.2) is 4.98 Å². The molecule has 1 heterocycles. The minimum atomic E-state index is -0.234. The summed E-state index contributed by atoms with van der Waals surface area (Å²) in [6, 6.07) is 16.2. The molecule has 3 aromatic rings. The minimum absolute atomic E-state index is 0.0171. The third kappa shape index (κ3) is 3.94. The number of amides is 1. The highest BCUT2D eigenvalue weighted by Gasteiger charge is 2.08. The van der Waals surface area contributed by atoms with Crippen molar-refractivity contribution in [3.8, 4) is 5.75 Å². The van der Waals surface area contributed by atoms with Gasteiger partial charge in [0.15, 0.2) is 0 Å². The average molecular weight is 345 g/mol. The number of thioether (sulfide) groups is 1. The van der Waals surface area contributed by atoms with Crippen molar-refractivity contribution in [2.75, 3.05) is 11.1 Å². The lowest BCUT2D eigenvalue weighted by Crippen LogP contribution is -2.14. The first-order valence-corrected chi connectivity index (χ1v) is 8.25. The van der Waals surface area contributed by atoms with Crippen LogP contribution in [-0.4, -0.2) is 21.8 Å². The molecule has 0 spiro atoms. The summed E-state index contributed by atoms with van der Waals surface area (Å²) in [6.07, 6.45) is 0. The van der Waals surface area contributed by atoms with E-state index in [2.05, 4.69) is 10.3 Å². The maximum atomic E-state index is 12.0. The molecule has 23 heavy (non-hydrogen) atoms. The SMILES string of the molecule is O=C(CSc1ccc2ccccc2n1)Nc1cc(Cl)ccc1O. The van der Waals surface area contributed by atoms with Crippen LogP contribution in [0.15, 0.2) is 59.6 Å². The van der Waals surface area contributed by atoms with Crippen molar-refractivity contribution in [2.24, 2.45) is 0 Å². The van der Waals surface area contributed by atoms with Gasteiger partial charge in [-0.2, -0.15) is 0 Å². The third-order valence-electron chi connectivity index (χ3n) is 3.16. The molecule has 6 heteroatoms. The Morgan fingerprint density at radius 2 is 2.00 bits per heavy atom. The Morgan fingerprint density at radius 3 is 2.87 bits per heavy atom. The van der Waals surface area contributed by atoms with E-state index in [0.717, 1.165) is 15.9 Å². The number of nitrogens with one attached hydrogen (secondary N) is 1.